The average molecular weight is 529 g/mol. The summed E-state index contributed by atoms with van der Waals surface area (Å²) in [7, 11) is -4.25. The number of rotatable bonds is 9. The lowest BCUT2D eigenvalue weighted by Crippen LogP contribution is -2.34. The number of phosphoric ester groups is 1. The molecule has 0 saturated heterocycles. The van der Waals surface area contributed by atoms with Crippen LogP contribution in [0, 0.1) is 0 Å². The lowest BCUT2D eigenvalue weighted by molar-refractivity contribution is -0.256. The first kappa shape index (κ1) is 18.9. The summed E-state index contributed by atoms with van der Waals surface area (Å²) in [6.45, 7) is -0.00614. The molecule has 4 unspecified atom stereocenters. The smallest absolute Gasteiger partial charge is 0.302 e. The van der Waals surface area contributed by atoms with Gasteiger partial charge in [0.15, 0.2) is 6.23 Å². The fourth-order valence-electron chi connectivity index (χ4n) is 0.493. The van der Waals surface area contributed by atoms with E-state index in [4.69, 9.17) is 5.73 Å². The van der Waals surface area contributed by atoms with Gasteiger partial charge in [-0.05, 0) is 0 Å². The molecule has 0 bridgehead atoms. The summed E-state index contributed by atoms with van der Waals surface area (Å²) in [6, 6.07) is 0. The van der Waals surface area contributed by atoms with Crippen LogP contribution < -0.4 is 5.73 Å². The Labute approximate surface area is 133 Å². The Hall–Kier alpha value is 1.95. The van der Waals surface area contributed by atoms with Gasteiger partial charge in [0.25, 0.3) is 0 Å². The van der Waals surface area contributed by atoms with Gasteiger partial charge in [-0.1, -0.05) is 63.7 Å². The normalized spacial score (nSPS) is 20.6. The predicted octanol–water partition coefficient (Wildman–Crippen LogP) is 2.65. The van der Waals surface area contributed by atoms with Gasteiger partial charge in [0.05, 0.1) is 11.4 Å². The van der Waals surface area contributed by atoms with Crippen LogP contribution in [-0.2, 0) is 18.7 Å². The number of halogens is 4. The lowest BCUT2D eigenvalue weighted by Gasteiger charge is -2.18. The van der Waals surface area contributed by atoms with E-state index in [0.29, 0.717) is 10.7 Å². The topological polar surface area (TPSA) is 91.0 Å². The van der Waals surface area contributed by atoms with Crippen LogP contribution in [-0.4, -0.2) is 38.0 Å². The van der Waals surface area contributed by atoms with E-state index in [-0.39, 0.29) is 16.3 Å². The second-order valence-electron chi connectivity index (χ2n) is 2.82. The Morgan fingerprint density at radius 3 is 2.35 bits per heavy atom. The molecule has 0 aliphatic carbocycles. The van der Waals surface area contributed by atoms with Gasteiger partial charge in [0.2, 0.25) is 0 Å². The van der Waals surface area contributed by atoms with E-state index in [1.54, 1.807) is 0 Å². The van der Waals surface area contributed by atoms with E-state index in [0.717, 1.165) is 0 Å². The van der Waals surface area contributed by atoms with Gasteiger partial charge in [0.1, 0.15) is 0 Å². The van der Waals surface area contributed by atoms with E-state index < -0.39 is 14.1 Å². The number of hydrogen-bond acceptors (Lipinski definition) is 5. The molecule has 6 nitrogen and oxygen atoms in total. The Morgan fingerprint density at radius 1 is 1.29 bits per heavy atom. The van der Waals surface area contributed by atoms with Crippen molar-refractivity contribution in [3.8, 4) is 0 Å². The molecular weight excluding hydrogens is 517 g/mol. The highest BCUT2D eigenvalue weighted by Gasteiger charge is 2.27. The SMILES string of the molecule is NC(OOP(=O)(O)OCC(Br)CBr)C(Br)CBr. The van der Waals surface area contributed by atoms with E-state index in [1.807, 2.05) is 0 Å². The van der Waals surface area contributed by atoms with E-state index in [9.17, 15) is 9.46 Å². The van der Waals surface area contributed by atoms with Gasteiger partial charge in [-0.25, -0.2) is 9.45 Å². The molecule has 0 radical (unpaired) electrons. The van der Waals surface area contributed by atoms with Crippen LogP contribution >= 0.6 is 71.5 Å². The van der Waals surface area contributed by atoms with Crippen molar-refractivity contribution in [3.05, 3.63) is 0 Å². The fourth-order valence-corrected chi connectivity index (χ4v) is 2.09. The van der Waals surface area contributed by atoms with E-state index in [1.165, 1.54) is 0 Å². The molecule has 0 fully saturated rings. The molecule has 0 spiro atoms. The maximum atomic E-state index is 11.3. The van der Waals surface area contributed by atoms with Crippen molar-refractivity contribution >= 4 is 71.5 Å². The van der Waals surface area contributed by atoms with Gasteiger partial charge in [-0.2, -0.15) is 0 Å². The zero-order valence-corrected chi connectivity index (χ0v) is 15.7. The molecule has 0 aromatic heterocycles. The summed E-state index contributed by atoms with van der Waals surface area (Å²) in [5.41, 5.74) is 5.49. The van der Waals surface area contributed by atoms with Crippen molar-refractivity contribution in [2.75, 3.05) is 17.3 Å². The third-order valence-electron chi connectivity index (χ3n) is 1.34. The number of phosphoric acid groups is 1. The summed E-state index contributed by atoms with van der Waals surface area (Å²) in [6.07, 6.45) is -0.894. The van der Waals surface area contributed by atoms with Gasteiger partial charge in [0, 0.05) is 15.5 Å². The highest BCUT2D eigenvalue weighted by molar-refractivity contribution is 9.12. The Kier molecular flexibility index (Phi) is 10.9. The highest BCUT2D eigenvalue weighted by Crippen LogP contribution is 2.44. The first-order valence-electron chi connectivity index (χ1n) is 4.30. The van der Waals surface area contributed by atoms with Crippen LogP contribution in [0.4, 0.5) is 0 Å². The van der Waals surface area contributed by atoms with Crippen LogP contribution in [0.25, 0.3) is 0 Å². The minimum absolute atomic E-state index is 0.00614. The standard InChI is InChI=1S/C6H12Br4NO5P/c7-1-4(9)3-14-17(12,13)16-15-6(11)5(10)2-8/h4-6H,1-3,11H2,(H,12,13). The minimum Gasteiger partial charge on any atom is -0.302 e. The monoisotopic (exact) mass is 525 g/mol. The van der Waals surface area contributed by atoms with Crippen molar-refractivity contribution in [2.45, 2.75) is 15.9 Å². The molecule has 0 aliphatic heterocycles. The molecule has 11 heteroatoms. The average Bonchev–Trinajstić information content (AvgIpc) is 2.32. The highest BCUT2D eigenvalue weighted by atomic mass is 79.9. The molecule has 3 N–H and O–H groups in total. The maximum absolute atomic E-state index is 11.3. The molecule has 17 heavy (non-hydrogen) atoms. The van der Waals surface area contributed by atoms with Crippen LogP contribution in [0.5, 0.6) is 0 Å². The molecule has 104 valence electrons. The minimum atomic E-state index is -4.25. The quantitative estimate of drug-likeness (QED) is 0.157. The summed E-state index contributed by atoms with van der Waals surface area (Å²) in [5, 5.41) is 1.07. The van der Waals surface area contributed by atoms with Crippen molar-refractivity contribution in [1.82, 2.24) is 0 Å². The molecule has 0 aromatic carbocycles. The summed E-state index contributed by atoms with van der Waals surface area (Å²) in [5.74, 6) is 0. The van der Waals surface area contributed by atoms with Crippen LogP contribution in [0.15, 0.2) is 0 Å². The third-order valence-corrected chi connectivity index (χ3v) is 6.74. The maximum Gasteiger partial charge on any atom is 0.499 e. The second-order valence-corrected chi connectivity index (χ2v) is 7.93. The molecule has 0 heterocycles. The zero-order valence-electron chi connectivity index (χ0n) is 8.47. The molecule has 0 rings (SSSR count). The first-order valence-corrected chi connectivity index (χ1v) is 9.87. The molecule has 0 aliphatic rings. The van der Waals surface area contributed by atoms with E-state index in [2.05, 4.69) is 77.8 Å². The van der Waals surface area contributed by atoms with Crippen molar-refractivity contribution < 1.29 is 23.5 Å². The van der Waals surface area contributed by atoms with Gasteiger partial charge in [-0.3, -0.25) is 4.52 Å². The van der Waals surface area contributed by atoms with Crippen LogP contribution in [0.2, 0.25) is 0 Å². The Bertz CT molecular complexity index is 261. The second kappa shape index (κ2) is 9.79. The number of hydrogen-bond donors (Lipinski definition) is 2. The summed E-state index contributed by atoms with van der Waals surface area (Å²) < 4.78 is 20.3. The van der Waals surface area contributed by atoms with Crippen LogP contribution in [0.1, 0.15) is 0 Å². The molecule has 4 atom stereocenters. The molecule has 0 saturated carbocycles. The Morgan fingerprint density at radius 2 is 1.88 bits per heavy atom. The summed E-state index contributed by atoms with van der Waals surface area (Å²) >= 11 is 12.7. The fraction of sp³-hybridized carbons (Fsp3) is 1.00. The number of nitrogens with two attached hydrogens (primary N) is 1. The largest absolute Gasteiger partial charge is 0.499 e. The van der Waals surface area contributed by atoms with Gasteiger partial charge in [-0.15, -0.1) is 4.67 Å². The molecule has 0 aromatic rings. The predicted molar refractivity (Wildman–Crippen MR) is 78.9 cm³/mol. The summed E-state index contributed by atoms with van der Waals surface area (Å²) in [4.78, 5) is 13.4. The van der Waals surface area contributed by atoms with Crippen molar-refractivity contribution in [3.63, 3.8) is 0 Å². The zero-order chi connectivity index (χ0) is 13.5. The Balaban J connectivity index is 3.96. The van der Waals surface area contributed by atoms with Crippen molar-refractivity contribution in [1.29, 1.82) is 0 Å². The van der Waals surface area contributed by atoms with Gasteiger partial charge < -0.3 is 10.6 Å². The number of alkyl halides is 4. The molecule has 0 amide bonds. The lowest BCUT2D eigenvalue weighted by atomic mass is 10.4. The third kappa shape index (κ3) is 9.48. The van der Waals surface area contributed by atoms with Crippen LogP contribution in [0.3, 0.4) is 0 Å². The van der Waals surface area contributed by atoms with E-state index >= 15 is 0 Å². The van der Waals surface area contributed by atoms with Crippen molar-refractivity contribution in [2.24, 2.45) is 5.73 Å². The first-order chi connectivity index (χ1) is 7.82. The van der Waals surface area contributed by atoms with Gasteiger partial charge >= 0.3 is 7.82 Å². The molecular formula is C6H12Br4NO5P.